The van der Waals surface area contributed by atoms with E-state index in [0.29, 0.717) is 6.04 Å². The average Bonchev–Trinajstić information content (AvgIpc) is 3.07. The van der Waals surface area contributed by atoms with Crippen LogP contribution in [0.4, 0.5) is 0 Å². The van der Waals surface area contributed by atoms with E-state index in [0.717, 1.165) is 19.3 Å². The molecule has 16 heavy (non-hydrogen) atoms. The molecule has 0 aliphatic heterocycles. The summed E-state index contributed by atoms with van der Waals surface area (Å²) in [6, 6.07) is -0.202. The lowest BCUT2D eigenvalue weighted by atomic mass is 9.99. The number of carbonyl (C=O) groups is 2. The zero-order valence-corrected chi connectivity index (χ0v) is 9.95. The monoisotopic (exact) mass is 227 g/mol. The fraction of sp³-hybridized carbons (Fsp3) is 0.818. The van der Waals surface area contributed by atoms with Gasteiger partial charge in [0, 0.05) is 6.04 Å². The minimum atomic E-state index is -0.529. The molecule has 1 aliphatic rings. The molecule has 0 aromatic carbocycles. The number of carbonyl (C=O) groups excluding carboxylic acids is 2. The van der Waals surface area contributed by atoms with Crippen molar-refractivity contribution in [2.45, 2.75) is 45.2 Å². The third-order valence-corrected chi connectivity index (χ3v) is 2.93. The molecular weight excluding hydrogens is 206 g/mol. The van der Waals surface area contributed by atoms with E-state index in [2.05, 4.69) is 10.6 Å². The van der Waals surface area contributed by atoms with Crippen LogP contribution in [0.5, 0.6) is 0 Å². The minimum absolute atomic E-state index is 0.0272. The Bertz CT molecular complexity index is 264. The average molecular weight is 227 g/mol. The second-order valence-electron chi connectivity index (χ2n) is 4.47. The van der Waals surface area contributed by atoms with E-state index in [9.17, 15) is 9.59 Å². The molecule has 2 atom stereocenters. The first-order valence-electron chi connectivity index (χ1n) is 5.87. The number of amides is 2. The minimum Gasteiger partial charge on any atom is -0.352 e. The van der Waals surface area contributed by atoms with Crippen LogP contribution in [0.25, 0.3) is 0 Å². The number of nitrogens with two attached hydrogens (primary N) is 1. The van der Waals surface area contributed by atoms with Crippen LogP contribution >= 0.6 is 0 Å². The summed E-state index contributed by atoms with van der Waals surface area (Å²) in [5.74, 6) is -0.251. The van der Waals surface area contributed by atoms with E-state index in [1.54, 1.807) is 0 Å². The van der Waals surface area contributed by atoms with Gasteiger partial charge in [0.15, 0.2) is 0 Å². The van der Waals surface area contributed by atoms with Crippen LogP contribution < -0.4 is 16.4 Å². The highest BCUT2D eigenvalue weighted by atomic mass is 16.2. The van der Waals surface area contributed by atoms with E-state index in [1.807, 2.05) is 13.8 Å². The van der Waals surface area contributed by atoms with Gasteiger partial charge in [0.2, 0.25) is 11.8 Å². The van der Waals surface area contributed by atoms with Crippen molar-refractivity contribution in [2.24, 2.45) is 11.7 Å². The Morgan fingerprint density at radius 1 is 1.44 bits per heavy atom. The van der Waals surface area contributed by atoms with Crippen molar-refractivity contribution in [3.05, 3.63) is 0 Å². The molecule has 5 heteroatoms. The lowest BCUT2D eigenvalue weighted by Crippen LogP contribution is -2.47. The Balaban J connectivity index is 2.19. The van der Waals surface area contributed by atoms with Crippen LogP contribution in [0.1, 0.15) is 33.1 Å². The van der Waals surface area contributed by atoms with E-state index >= 15 is 0 Å². The molecular formula is C11H21N3O2. The molecule has 2 unspecified atom stereocenters. The number of rotatable bonds is 6. The fourth-order valence-electron chi connectivity index (χ4n) is 1.30. The molecule has 4 N–H and O–H groups in total. The van der Waals surface area contributed by atoms with Gasteiger partial charge in [0.25, 0.3) is 0 Å². The Hall–Kier alpha value is -1.10. The molecule has 1 fully saturated rings. The van der Waals surface area contributed by atoms with Crippen molar-refractivity contribution in [3.63, 3.8) is 0 Å². The van der Waals surface area contributed by atoms with Gasteiger partial charge in [-0.1, -0.05) is 20.3 Å². The summed E-state index contributed by atoms with van der Waals surface area (Å²) in [7, 11) is 0. The van der Waals surface area contributed by atoms with E-state index in [4.69, 9.17) is 5.73 Å². The molecule has 92 valence electrons. The van der Waals surface area contributed by atoms with Crippen LogP contribution in [-0.4, -0.2) is 30.4 Å². The molecule has 0 radical (unpaired) electrons. The highest BCUT2D eigenvalue weighted by Gasteiger charge is 2.24. The first-order valence-corrected chi connectivity index (χ1v) is 5.87. The molecule has 0 aromatic heterocycles. The molecule has 0 heterocycles. The Morgan fingerprint density at radius 2 is 2.06 bits per heavy atom. The van der Waals surface area contributed by atoms with Gasteiger partial charge >= 0.3 is 0 Å². The lowest BCUT2D eigenvalue weighted by molar-refractivity contribution is -0.127. The summed E-state index contributed by atoms with van der Waals surface area (Å²) in [5.41, 5.74) is 5.73. The van der Waals surface area contributed by atoms with E-state index in [1.165, 1.54) is 0 Å². The topological polar surface area (TPSA) is 84.2 Å². The highest BCUT2D eigenvalue weighted by Crippen LogP contribution is 2.18. The fourth-order valence-corrected chi connectivity index (χ4v) is 1.30. The Morgan fingerprint density at radius 3 is 2.56 bits per heavy atom. The number of hydrogen-bond donors (Lipinski definition) is 3. The Kier molecular flexibility index (Phi) is 4.73. The van der Waals surface area contributed by atoms with Gasteiger partial charge in [-0.25, -0.2) is 0 Å². The second-order valence-corrected chi connectivity index (χ2v) is 4.47. The van der Waals surface area contributed by atoms with Gasteiger partial charge in [-0.2, -0.15) is 0 Å². The summed E-state index contributed by atoms with van der Waals surface area (Å²) >= 11 is 0. The van der Waals surface area contributed by atoms with Gasteiger partial charge in [-0.15, -0.1) is 0 Å². The van der Waals surface area contributed by atoms with Crippen molar-refractivity contribution in [3.8, 4) is 0 Å². The molecule has 1 rings (SSSR count). The summed E-state index contributed by atoms with van der Waals surface area (Å²) in [6.45, 7) is 3.94. The van der Waals surface area contributed by atoms with Crippen LogP contribution in [0.3, 0.4) is 0 Å². The predicted molar refractivity (Wildman–Crippen MR) is 61.6 cm³/mol. The van der Waals surface area contributed by atoms with Gasteiger partial charge in [-0.05, 0) is 18.8 Å². The third-order valence-electron chi connectivity index (χ3n) is 2.93. The summed E-state index contributed by atoms with van der Waals surface area (Å²) in [6.07, 6.45) is 2.95. The second kappa shape index (κ2) is 5.84. The number of hydrogen-bond acceptors (Lipinski definition) is 3. The smallest absolute Gasteiger partial charge is 0.239 e. The maximum absolute atomic E-state index is 11.5. The normalized spacial score (nSPS) is 18.7. The predicted octanol–water partition coefficient (Wildman–Crippen LogP) is -0.245. The SMILES string of the molecule is CCC(C)C(N)C(=O)NCC(=O)NC1CC1. The third kappa shape index (κ3) is 4.18. The molecule has 2 amide bonds. The van der Waals surface area contributed by atoms with Crippen LogP contribution in [0.2, 0.25) is 0 Å². The number of nitrogens with one attached hydrogen (secondary N) is 2. The van der Waals surface area contributed by atoms with Gasteiger partial charge in [0.1, 0.15) is 0 Å². The standard InChI is InChI=1S/C11H21N3O2/c1-3-7(2)10(12)11(16)13-6-9(15)14-8-4-5-8/h7-8,10H,3-6,12H2,1-2H3,(H,13,16)(H,14,15). The van der Waals surface area contributed by atoms with Crippen molar-refractivity contribution < 1.29 is 9.59 Å². The molecule has 1 saturated carbocycles. The Labute approximate surface area is 96.1 Å². The van der Waals surface area contributed by atoms with Crippen molar-refractivity contribution in [1.82, 2.24) is 10.6 Å². The summed E-state index contributed by atoms with van der Waals surface area (Å²) in [4.78, 5) is 22.8. The lowest BCUT2D eigenvalue weighted by Gasteiger charge is -2.17. The van der Waals surface area contributed by atoms with Gasteiger partial charge < -0.3 is 16.4 Å². The zero-order chi connectivity index (χ0) is 12.1. The zero-order valence-electron chi connectivity index (χ0n) is 9.95. The van der Waals surface area contributed by atoms with Crippen LogP contribution in [-0.2, 0) is 9.59 Å². The summed E-state index contributed by atoms with van der Waals surface area (Å²) in [5, 5.41) is 5.35. The van der Waals surface area contributed by atoms with Crippen molar-refractivity contribution in [1.29, 1.82) is 0 Å². The van der Waals surface area contributed by atoms with E-state index < -0.39 is 6.04 Å². The summed E-state index contributed by atoms with van der Waals surface area (Å²) < 4.78 is 0. The first kappa shape index (κ1) is 13.0. The largest absolute Gasteiger partial charge is 0.352 e. The van der Waals surface area contributed by atoms with Gasteiger partial charge in [-0.3, -0.25) is 9.59 Å². The van der Waals surface area contributed by atoms with Crippen LogP contribution in [0.15, 0.2) is 0 Å². The molecule has 0 saturated heterocycles. The molecule has 1 aliphatic carbocycles. The van der Waals surface area contributed by atoms with Crippen LogP contribution in [0, 0.1) is 5.92 Å². The van der Waals surface area contributed by atoms with Crippen molar-refractivity contribution >= 4 is 11.8 Å². The highest BCUT2D eigenvalue weighted by molar-refractivity contribution is 5.87. The van der Waals surface area contributed by atoms with Crippen molar-refractivity contribution in [2.75, 3.05) is 6.54 Å². The quantitative estimate of drug-likeness (QED) is 0.585. The molecule has 0 spiro atoms. The van der Waals surface area contributed by atoms with E-state index in [-0.39, 0.29) is 24.3 Å². The molecule has 0 bridgehead atoms. The molecule has 5 nitrogen and oxygen atoms in total. The maximum Gasteiger partial charge on any atom is 0.239 e. The maximum atomic E-state index is 11.5. The molecule has 0 aromatic rings. The first-order chi connectivity index (χ1) is 7.54. The van der Waals surface area contributed by atoms with Gasteiger partial charge in [0.05, 0.1) is 12.6 Å².